The molecule has 1 atom stereocenters. The second-order valence-corrected chi connectivity index (χ2v) is 6.72. The maximum atomic E-state index is 12.5. The summed E-state index contributed by atoms with van der Waals surface area (Å²) in [6, 6.07) is 9.68. The summed E-state index contributed by atoms with van der Waals surface area (Å²) in [5.74, 6) is 0.601. The van der Waals surface area contributed by atoms with Crippen LogP contribution in [-0.2, 0) is 9.59 Å². The molecule has 0 spiro atoms. The smallest absolute Gasteiger partial charge is 0.231 e. The van der Waals surface area contributed by atoms with Crippen molar-refractivity contribution in [2.45, 2.75) is 32.1 Å². The number of hydrogen-bond donors (Lipinski definition) is 2. The van der Waals surface area contributed by atoms with Crippen molar-refractivity contribution in [2.75, 3.05) is 16.8 Å². The Morgan fingerprint density at radius 1 is 1.33 bits per heavy atom. The van der Waals surface area contributed by atoms with E-state index >= 15 is 0 Å². The zero-order valence-electron chi connectivity index (χ0n) is 13.6. The molecule has 1 aliphatic carbocycles. The first-order valence-corrected chi connectivity index (χ1v) is 8.33. The normalized spacial score (nSPS) is 20.5. The Morgan fingerprint density at radius 2 is 2.17 bits per heavy atom. The van der Waals surface area contributed by atoms with Gasteiger partial charge in [-0.15, -0.1) is 0 Å². The van der Waals surface area contributed by atoms with Gasteiger partial charge in [-0.1, -0.05) is 12.1 Å². The molecule has 1 aromatic heterocycles. The highest BCUT2D eigenvalue weighted by atomic mass is 16.2. The Kier molecular flexibility index (Phi) is 3.59. The number of nitrogens with one attached hydrogen (secondary N) is 2. The highest BCUT2D eigenvalue weighted by Gasteiger charge is 2.35. The third-order valence-corrected chi connectivity index (χ3v) is 4.68. The maximum absolute atomic E-state index is 12.5. The third kappa shape index (κ3) is 2.91. The van der Waals surface area contributed by atoms with E-state index in [1.54, 1.807) is 4.90 Å². The minimum absolute atomic E-state index is 0.0125. The Morgan fingerprint density at radius 3 is 2.92 bits per heavy atom. The lowest BCUT2D eigenvalue weighted by atomic mass is 10.1. The van der Waals surface area contributed by atoms with E-state index in [-0.39, 0.29) is 24.2 Å². The van der Waals surface area contributed by atoms with Crippen molar-refractivity contribution in [3.8, 4) is 0 Å². The predicted octanol–water partition coefficient (Wildman–Crippen LogP) is 2.59. The van der Waals surface area contributed by atoms with E-state index in [1.807, 2.05) is 37.3 Å². The Bertz CT molecular complexity index is 794. The number of amides is 2. The number of nitrogens with zero attached hydrogens (tertiary/aromatic N) is 2. The fourth-order valence-corrected chi connectivity index (χ4v) is 3.16. The number of aryl methyl sites for hydroxylation is 1. The maximum Gasteiger partial charge on any atom is 0.231 e. The zero-order valence-corrected chi connectivity index (χ0v) is 13.6. The number of aromatic nitrogens is 2. The molecule has 0 radical (unpaired) electrons. The average molecular weight is 324 g/mol. The summed E-state index contributed by atoms with van der Waals surface area (Å²) >= 11 is 0. The number of anilines is 2. The van der Waals surface area contributed by atoms with Crippen molar-refractivity contribution < 1.29 is 9.59 Å². The van der Waals surface area contributed by atoms with Crippen LogP contribution >= 0.6 is 0 Å². The molecule has 1 aromatic carbocycles. The average Bonchev–Trinajstić information content (AvgIpc) is 3.18. The van der Waals surface area contributed by atoms with E-state index in [0.717, 1.165) is 16.9 Å². The van der Waals surface area contributed by atoms with Gasteiger partial charge in [0.1, 0.15) is 0 Å². The number of carbonyl (C=O) groups is 2. The van der Waals surface area contributed by atoms with Crippen LogP contribution in [0.4, 0.5) is 11.5 Å². The van der Waals surface area contributed by atoms with Crippen molar-refractivity contribution >= 4 is 23.3 Å². The summed E-state index contributed by atoms with van der Waals surface area (Å²) < 4.78 is 0. The van der Waals surface area contributed by atoms with Crippen LogP contribution in [0, 0.1) is 12.8 Å². The van der Waals surface area contributed by atoms with Crippen LogP contribution in [0.25, 0.3) is 0 Å². The summed E-state index contributed by atoms with van der Waals surface area (Å²) in [6.45, 7) is 2.40. The molecule has 2 aliphatic rings. The monoisotopic (exact) mass is 324 g/mol. The highest BCUT2D eigenvalue weighted by molar-refractivity contribution is 6.03. The van der Waals surface area contributed by atoms with E-state index in [1.165, 1.54) is 12.8 Å². The van der Waals surface area contributed by atoms with Gasteiger partial charge in [-0.25, -0.2) is 0 Å². The molecular weight excluding hydrogens is 304 g/mol. The van der Waals surface area contributed by atoms with E-state index in [9.17, 15) is 9.59 Å². The molecule has 1 unspecified atom stereocenters. The number of hydrogen-bond acceptors (Lipinski definition) is 3. The summed E-state index contributed by atoms with van der Waals surface area (Å²) in [5.41, 5.74) is 3.03. The number of H-pyrrole nitrogens is 1. The van der Waals surface area contributed by atoms with Crippen molar-refractivity contribution in [3.05, 3.63) is 41.6 Å². The number of carbonyl (C=O) groups excluding carboxylic acids is 2. The van der Waals surface area contributed by atoms with Crippen LogP contribution in [0.15, 0.2) is 30.3 Å². The predicted molar refractivity (Wildman–Crippen MR) is 90.8 cm³/mol. The number of benzene rings is 1. The van der Waals surface area contributed by atoms with Crippen LogP contribution in [0.3, 0.4) is 0 Å². The first-order chi connectivity index (χ1) is 11.6. The third-order valence-electron chi connectivity index (χ3n) is 4.68. The van der Waals surface area contributed by atoms with Gasteiger partial charge < -0.3 is 10.2 Å². The second-order valence-electron chi connectivity index (χ2n) is 6.72. The Labute approximate surface area is 140 Å². The van der Waals surface area contributed by atoms with Gasteiger partial charge in [0.05, 0.1) is 5.92 Å². The van der Waals surface area contributed by atoms with E-state index in [4.69, 9.17) is 0 Å². The van der Waals surface area contributed by atoms with Crippen molar-refractivity contribution in [1.29, 1.82) is 0 Å². The van der Waals surface area contributed by atoms with E-state index in [0.29, 0.717) is 18.3 Å². The van der Waals surface area contributed by atoms with Crippen LogP contribution < -0.4 is 10.2 Å². The molecule has 24 heavy (non-hydrogen) atoms. The summed E-state index contributed by atoms with van der Waals surface area (Å²) in [7, 11) is 0. The molecule has 6 heteroatoms. The number of aromatic amines is 1. The first-order valence-electron chi connectivity index (χ1n) is 8.33. The Hall–Kier alpha value is -2.63. The molecule has 1 aliphatic heterocycles. The zero-order chi connectivity index (χ0) is 16.7. The Balaban J connectivity index is 1.42. The molecular formula is C18H20N4O2. The molecule has 6 nitrogen and oxygen atoms in total. The second kappa shape index (κ2) is 5.78. The van der Waals surface area contributed by atoms with Crippen molar-refractivity contribution in [2.24, 2.45) is 5.92 Å². The fraction of sp³-hybridized carbons (Fsp3) is 0.389. The molecule has 0 bridgehead atoms. The molecule has 2 N–H and O–H groups in total. The van der Waals surface area contributed by atoms with Gasteiger partial charge in [-0.3, -0.25) is 14.7 Å². The van der Waals surface area contributed by atoms with Gasteiger partial charge in [0.2, 0.25) is 11.8 Å². The van der Waals surface area contributed by atoms with Crippen molar-refractivity contribution in [3.63, 3.8) is 0 Å². The lowest BCUT2D eigenvalue weighted by molar-refractivity contribution is -0.122. The van der Waals surface area contributed by atoms with Crippen LogP contribution in [0.1, 0.15) is 36.4 Å². The largest absolute Gasteiger partial charge is 0.312 e. The lowest BCUT2D eigenvalue weighted by Gasteiger charge is -2.17. The molecule has 2 aromatic rings. The SMILES string of the molecule is Cc1cccc(N2CC(C(=O)Nc3cc(C4CC4)[nH]n3)CC2=O)c1. The first kappa shape index (κ1) is 14.9. The summed E-state index contributed by atoms with van der Waals surface area (Å²) in [4.78, 5) is 26.4. The minimum atomic E-state index is -0.348. The standard InChI is InChI=1S/C18H20N4O2/c1-11-3-2-4-14(7-11)22-10-13(8-17(22)23)18(24)19-16-9-15(20-21-16)12-5-6-12/h2-4,7,9,12-13H,5-6,8,10H2,1H3,(H2,19,20,21,24). The quantitative estimate of drug-likeness (QED) is 0.907. The lowest BCUT2D eigenvalue weighted by Crippen LogP contribution is -2.28. The van der Waals surface area contributed by atoms with Gasteiger partial charge >= 0.3 is 0 Å². The fourth-order valence-electron chi connectivity index (χ4n) is 3.16. The van der Waals surface area contributed by atoms with Gasteiger partial charge in [0.25, 0.3) is 0 Å². The number of rotatable bonds is 4. The van der Waals surface area contributed by atoms with E-state index < -0.39 is 0 Å². The summed E-state index contributed by atoms with van der Waals surface area (Å²) in [6.07, 6.45) is 2.59. The van der Waals surface area contributed by atoms with E-state index in [2.05, 4.69) is 15.5 Å². The van der Waals surface area contributed by atoms with Crippen LogP contribution in [-0.4, -0.2) is 28.6 Å². The molecule has 4 rings (SSSR count). The van der Waals surface area contributed by atoms with Gasteiger partial charge in [0, 0.05) is 36.3 Å². The highest BCUT2D eigenvalue weighted by Crippen LogP contribution is 2.39. The molecule has 1 saturated heterocycles. The van der Waals surface area contributed by atoms with Crippen LogP contribution in [0.2, 0.25) is 0 Å². The molecule has 1 saturated carbocycles. The van der Waals surface area contributed by atoms with Gasteiger partial charge in [-0.05, 0) is 37.5 Å². The van der Waals surface area contributed by atoms with Crippen molar-refractivity contribution in [1.82, 2.24) is 10.2 Å². The molecule has 124 valence electrons. The molecule has 2 amide bonds. The molecule has 2 fully saturated rings. The van der Waals surface area contributed by atoms with Gasteiger partial charge in [0.15, 0.2) is 5.82 Å². The van der Waals surface area contributed by atoms with Gasteiger partial charge in [-0.2, -0.15) is 5.10 Å². The topological polar surface area (TPSA) is 78.1 Å². The summed E-state index contributed by atoms with van der Waals surface area (Å²) in [5, 5.41) is 9.94. The minimum Gasteiger partial charge on any atom is -0.312 e. The molecule has 2 heterocycles. The van der Waals surface area contributed by atoms with Crippen LogP contribution in [0.5, 0.6) is 0 Å².